The third kappa shape index (κ3) is 7.29. The summed E-state index contributed by atoms with van der Waals surface area (Å²) in [5.41, 5.74) is 3.75. The highest BCUT2D eigenvalue weighted by molar-refractivity contribution is 7.17. The number of benzene rings is 2. The van der Waals surface area contributed by atoms with Crippen molar-refractivity contribution in [1.29, 1.82) is 0 Å². The molecule has 1 unspecified atom stereocenters. The average molecular weight is 681 g/mol. The molecule has 1 N–H and O–H groups in total. The molecule has 1 aliphatic carbocycles. The minimum atomic E-state index is -0.555. The van der Waals surface area contributed by atoms with Crippen LogP contribution in [-0.2, 0) is 4.74 Å². The van der Waals surface area contributed by atoms with Crippen LogP contribution in [-0.4, -0.2) is 70.6 Å². The first-order chi connectivity index (χ1) is 23.5. The third-order valence-corrected chi connectivity index (χ3v) is 10.8. The molecule has 256 valence electrons. The molecule has 49 heavy (non-hydrogen) atoms. The summed E-state index contributed by atoms with van der Waals surface area (Å²) in [6, 6.07) is 17.5. The van der Waals surface area contributed by atoms with Gasteiger partial charge in [0.25, 0.3) is 11.8 Å². The molecule has 0 bridgehead atoms. The summed E-state index contributed by atoms with van der Waals surface area (Å²) < 4.78 is 11.7. The highest BCUT2D eigenvalue weighted by Crippen LogP contribution is 2.45. The van der Waals surface area contributed by atoms with E-state index in [0.717, 1.165) is 82.5 Å². The van der Waals surface area contributed by atoms with Gasteiger partial charge in [0, 0.05) is 41.7 Å². The van der Waals surface area contributed by atoms with Crippen LogP contribution in [0.15, 0.2) is 60.8 Å². The smallest absolute Gasteiger partial charge is 0.410 e. The van der Waals surface area contributed by atoms with Crippen LogP contribution >= 0.6 is 11.3 Å². The number of fused-ring (bicyclic) bond motifs is 1. The summed E-state index contributed by atoms with van der Waals surface area (Å²) in [6.45, 7) is 10.1. The number of hydrogen-bond acceptors (Lipinski definition) is 7. The van der Waals surface area contributed by atoms with E-state index in [4.69, 9.17) is 14.5 Å². The molecule has 7 rings (SSSR count). The largest absolute Gasteiger partial charge is 0.491 e. The lowest BCUT2D eigenvalue weighted by Crippen LogP contribution is -2.55. The Hall–Kier alpha value is -4.44. The number of pyridine rings is 1. The Bertz CT molecular complexity index is 1890. The molecule has 3 aliphatic rings. The fourth-order valence-electron chi connectivity index (χ4n) is 6.70. The Labute approximate surface area is 291 Å². The van der Waals surface area contributed by atoms with Gasteiger partial charge in [0.15, 0.2) is 0 Å². The molecular weight excluding hydrogens is 637 g/mol. The van der Waals surface area contributed by atoms with Gasteiger partial charge in [0.2, 0.25) is 0 Å². The van der Waals surface area contributed by atoms with Crippen LogP contribution in [0, 0.1) is 12.8 Å². The summed E-state index contributed by atoms with van der Waals surface area (Å²) in [6.07, 6.45) is 6.48. The average Bonchev–Trinajstić information content (AvgIpc) is 3.50. The highest BCUT2D eigenvalue weighted by atomic mass is 32.1. The van der Waals surface area contributed by atoms with Gasteiger partial charge in [-0.2, -0.15) is 0 Å². The Morgan fingerprint density at radius 2 is 1.80 bits per heavy atom. The number of ether oxygens (including phenoxy) is 2. The topological polar surface area (TPSA) is 101 Å². The van der Waals surface area contributed by atoms with Gasteiger partial charge in [0.05, 0.1) is 22.5 Å². The normalized spacial score (nSPS) is 18.2. The molecule has 0 spiro atoms. The number of nitrogens with one attached hydrogen (secondary N) is 1. The van der Waals surface area contributed by atoms with E-state index >= 15 is 0 Å². The molecule has 2 aliphatic heterocycles. The van der Waals surface area contributed by atoms with E-state index in [2.05, 4.69) is 23.5 Å². The van der Waals surface area contributed by atoms with Crippen molar-refractivity contribution in [1.82, 2.24) is 20.1 Å². The second kappa shape index (κ2) is 13.5. The van der Waals surface area contributed by atoms with Crippen LogP contribution in [0.5, 0.6) is 5.75 Å². The molecule has 3 amide bonds. The molecular formula is C39H44N4O5S. The molecule has 4 aromatic rings. The number of carbonyl (C=O) groups is 3. The van der Waals surface area contributed by atoms with E-state index < -0.39 is 5.60 Å². The quantitative estimate of drug-likeness (QED) is 0.194. The number of aromatic nitrogens is 1. The van der Waals surface area contributed by atoms with Crippen LogP contribution in [0.1, 0.15) is 90.1 Å². The fraction of sp³-hybridized carbons (Fsp3) is 0.436. The van der Waals surface area contributed by atoms with Crippen LogP contribution < -0.4 is 10.1 Å². The summed E-state index contributed by atoms with van der Waals surface area (Å²) in [4.78, 5) is 49.8. The third-order valence-electron chi connectivity index (χ3n) is 9.63. The fourth-order valence-corrected chi connectivity index (χ4v) is 7.66. The number of likely N-dealkylation sites (tertiary alicyclic amines) is 2. The van der Waals surface area contributed by atoms with Gasteiger partial charge >= 0.3 is 6.09 Å². The first-order valence-corrected chi connectivity index (χ1v) is 18.2. The maximum atomic E-state index is 14.0. The first-order valence-electron chi connectivity index (χ1n) is 17.4. The molecule has 2 saturated heterocycles. The lowest BCUT2D eigenvalue weighted by Gasteiger charge is -2.41. The van der Waals surface area contributed by atoms with E-state index in [1.807, 2.05) is 62.9 Å². The van der Waals surface area contributed by atoms with Gasteiger partial charge in [-0.15, -0.1) is 11.3 Å². The molecule has 3 fully saturated rings. The number of aryl methyl sites for hydroxylation is 1. The monoisotopic (exact) mass is 680 g/mol. The maximum absolute atomic E-state index is 14.0. The first kappa shape index (κ1) is 33.1. The van der Waals surface area contributed by atoms with Crippen LogP contribution in [0.4, 0.5) is 4.79 Å². The molecule has 1 saturated carbocycles. The van der Waals surface area contributed by atoms with E-state index in [1.54, 1.807) is 17.2 Å². The van der Waals surface area contributed by atoms with E-state index in [9.17, 15) is 14.4 Å². The zero-order valence-corrected chi connectivity index (χ0v) is 29.5. The van der Waals surface area contributed by atoms with Gasteiger partial charge in [-0.25, -0.2) is 4.79 Å². The lowest BCUT2D eigenvalue weighted by atomic mass is 9.94. The minimum Gasteiger partial charge on any atom is -0.491 e. The van der Waals surface area contributed by atoms with Crippen molar-refractivity contribution in [2.45, 2.75) is 77.5 Å². The molecule has 2 aromatic heterocycles. The standard InChI is InChI=1S/C39H44N4O5S/c1-24-9-12-28(47-23-27-15-19-43(27)38(46)48-39(2,3)4)22-30(24)36(44)41-35(25-10-11-25)31-20-26(21-32-29(31)8-7-16-40-32)33-13-14-34(49-33)37(45)42-17-5-6-18-42/h7-9,12-14,16,20-22,25,27,35H,5-6,10-11,15,17-19,23H2,1-4H3,(H,41,44)/t27-,35?/m0/s1. The van der Waals surface area contributed by atoms with Crippen molar-refractivity contribution in [3.63, 3.8) is 0 Å². The number of amides is 3. The molecule has 0 radical (unpaired) electrons. The summed E-state index contributed by atoms with van der Waals surface area (Å²) in [5, 5.41) is 4.40. The van der Waals surface area contributed by atoms with E-state index in [-0.39, 0.29) is 30.0 Å². The highest BCUT2D eigenvalue weighted by Gasteiger charge is 2.37. The summed E-state index contributed by atoms with van der Waals surface area (Å²) in [7, 11) is 0. The number of thiophene rings is 1. The lowest BCUT2D eigenvalue weighted by molar-refractivity contribution is -0.0141. The molecule has 9 nitrogen and oxygen atoms in total. The summed E-state index contributed by atoms with van der Waals surface area (Å²) >= 11 is 1.52. The predicted octanol–water partition coefficient (Wildman–Crippen LogP) is 7.78. The second-order valence-corrected chi connectivity index (χ2v) is 15.6. The Balaban J connectivity index is 1.10. The minimum absolute atomic E-state index is 0.0698. The zero-order valence-electron chi connectivity index (χ0n) is 28.7. The number of hydrogen-bond donors (Lipinski definition) is 1. The number of nitrogens with zero attached hydrogens (tertiary/aromatic N) is 3. The van der Waals surface area contributed by atoms with Crippen molar-refractivity contribution in [3.05, 3.63) is 82.4 Å². The molecule has 2 aromatic carbocycles. The molecule has 4 heterocycles. The zero-order chi connectivity index (χ0) is 34.3. The van der Waals surface area contributed by atoms with Gasteiger partial charge < -0.3 is 24.6 Å². The van der Waals surface area contributed by atoms with E-state index in [1.165, 1.54) is 11.3 Å². The van der Waals surface area contributed by atoms with Crippen molar-refractivity contribution in [2.75, 3.05) is 26.2 Å². The van der Waals surface area contributed by atoms with Crippen molar-refractivity contribution in [2.24, 2.45) is 5.92 Å². The van der Waals surface area contributed by atoms with Crippen LogP contribution in [0.25, 0.3) is 21.3 Å². The predicted molar refractivity (Wildman–Crippen MR) is 191 cm³/mol. The SMILES string of the molecule is Cc1ccc(OC[C@@H]2CCN2C(=O)OC(C)(C)C)cc1C(=O)NC(c1cc(-c2ccc(C(=O)N3CCCC3)s2)cc2ncccc12)C1CC1. The van der Waals surface area contributed by atoms with Gasteiger partial charge in [-0.1, -0.05) is 12.1 Å². The van der Waals surface area contributed by atoms with Gasteiger partial charge in [0.1, 0.15) is 18.0 Å². The molecule has 2 atom stereocenters. The van der Waals surface area contributed by atoms with E-state index in [0.29, 0.717) is 30.4 Å². The maximum Gasteiger partial charge on any atom is 0.410 e. The molecule has 10 heteroatoms. The van der Waals surface area contributed by atoms with Crippen LogP contribution in [0.2, 0.25) is 0 Å². The number of rotatable bonds is 9. The Morgan fingerprint density at radius 1 is 1.00 bits per heavy atom. The van der Waals surface area contributed by atoms with Crippen molar-refractivity contribution in [3.8, 4) is 16.2 Å². The van der Waals surface area contributed by atoms with Gasteiger partial charge in [-0.3, -0.25) is 14.6 Å². The second-order valence-electron chi connectivity index (χ2n) is 14.5. The number of carbonyl (C=O) groups excluding carboxylic acids is 3. The van der Waals surface area contributed by atoms with Crippen LogP contribution in [0.3, 0.4) is 0 Å². The Morgan fingerprint density at radius 3 is 2.51 bits per heavy atom. The van der Waals surface area contributed by atoms with Crippen molar-refractivity contribution < 1.29 is 23.9 Å². The Kier molecular flexibility index (Phi) is 9.09. The summed E-state index contributed by atoms with van der Waals surface area (Å²) in [5.74, 6) is 0.848. The van der Waals surface area contributed by atoms with Gasteiger partial charge in [-0.05, 0) is 125 Å². The van der Waals surface area contributed by atoms with Crippen molar-refractivity contribution >= 4 is 40.1 Å².